The molecule has 1 aliphatic rings. The second-order valence-corrected chi connectivity index (χ2v) is 5.11. The zero-order valence-corrected chi connectivity index (χ0v) is 10.4. The van der Waals surface area contributed by atoms with Crippen molar-refractivity contribution in [1.29, 1.82) is 0 Å². The molecule has 0 saturated carbocycles. The Morgan fingerprint density at radius 2 is 2.50 bits per heavy atom. The van der Waals surface area contributed by atoms with Crippen LogP contribution in [-0.4, -0.2) is 23.0 Å². The van der Waals surface area contributed by atoms with Crippen molar-refractivity contribution in [3.05, 3.63) is 18.4 Å². The Balaban J connectivity index is 1.75. The van der Waals surface area contributed by atoms with Gasteiger partial charge < -0.3 is 4.42 Å². The molecule has 1 aromatic rings. The molecule has 2 rings (SSSR count). The van der Waals surface area contributed by atoms with E-state index in [0.29, 0.717) is 0 Å². The van der Waals surface area contributed by atoms with Gasteiger partial charge in [-0.3, -0.25) is 4.90 Å². The second-order valence-electron chi connectivity index (χ2n) is 5.11. The number of hydrogen-bond acceptors (Lipinski definition) is 3. The van der Waals surface area contributed by atoms with Crippen LogP contribution in [0.25, 0.3) is 0 Å². The smallest absolute Gasteiger partial charge is 0.180 e. The highest BCUT2D eigenvalue weighted by Gasteiger charge is 2.24. The first-order chi connectivity index (χ1) is 7.78. The van der Waals surface area contributed by atoms with Crippen LogP contribution in [0.1, 0.15) is 38.9 Å². The van der Waals surface area contributed by atoms with Crippen molar-refractivity contribution in [2.24, 2.45) is 11.8 Å². The number of oxazole rings is 1. The van der Waals surface area contributed by atoms with Gasteiger partial charge in [-0.1, -0.05) is 20.3 Å². The lowest BCUT2D eigenvalue weighted by Crippen LogP contribution is -2.20. The molecule has 1 aliphatic heterocycles. The van der Waals surface area contributed by atoms with Gasteiger partial charge in [0.15, 0.2) is 6.39 Å². The molecule has 3 heteroatoms. The van der Waals surface area contributed by atoms with E-state index in [1.54, 1.807) is 0 Å². The average molecular weight is 222 g/mol. The van der Waals surface area contributed by atoms with Gasteiger partial charge in [-0.25, -0.2) is 4.98 Å². The Morgan fingerprint density at radius 1 is 1.62 bits per heavy atom. The molecule has 0 N–H and O–H groups in total. The molecule has 1 saturated heterocycles. The van der Waals surface area contributed by atoms with Crippen molar-refractivity contribution in [2.45, 2.75) is 39.7 Å². The summed E-state index contributed by atoms with van der Waals surface area (Å²) in [7, 11) is 0. The first-order valence-corrected chi connectivity index (χ1v) is 6.37. The minimum atomic E-state index is 0.871. The maximum absolute atomic E-state index is 5.28. The largest absolute Gasteiger partial charge is 0.447 e. The molecule has 0 spiro atoms. The minimum absolute atomic E-state index is 0.871. The second kappa shape index (κ2) is 5.48. The lowest BCUT2D eigenvalue weighted by molar-refractivity contribution is 0.277. The minimum Gasteiger partial charge on any atom is -0.447 e. The Labute approximate surface area is 97.8 Å². The van der Waals surface area contributed by atoms with Crippen LogP contribution in [0.2, 0.25) is 0 Å². The molecule has 0 radical (unpaired) electrons. The van der Waals surface area contributed by atoms with Crippen LogP contribution in [0.3, 0.4) is 0 Å². The maximum atomic E-state index is 5.28. The van der Waals surface area contributed by atoms with E-state index >= 15 is 0 Å². The predicted octanol–water partition coefficient (Wildman–Crippen LogP) is 2.93. The summed E-state index contributed by atoms with van der Waals surface area (Å²) in [4.78, 5) is 6.43. The molecule has 1 aromatic heterocycles. The van der Waals surface area contributed by atoms with E-state index in [-0.39, 0.29) is 0 Å². The number of hydrogen-bond donors (Lipinski definition) is 0. The van der Waals surface area contributed by atoms with Crippen molar-refractivity contribution >= 4 is 0 Å². The quantitative estimate of drug-likeness (QED) is 0.767. The Bertz CT molecular complexity index is 297. The average Bonchev–Trinajstić information content (AvgIpc) is 2.91. The van der Waals surface area contributed by atoms with Crippen molar-refractivity contribution in [3.63, 3.8) is 0 Å². The molecule has 0 aliphatic carbocycles. The molecule has 3 nitrogen and oxygen atoms in total. The van der Waals surface area contributed by atoms with Crippen molar-refractivity contribution in [3.8, 4) is 0 Å². The molecular weight excluding hydrogens is 200 g/mol. The molecule has 16 heavy (non-hydrogen) atoms. The van der Waals surface area contributed by atoms with Gasteiger partial charge in [0, 0.05) is 6.54 Å². The van der Waals surface area contributed by atoms with Gasteiger partial charge >= 0.3 is 0 Å². The van der Waals surface area contributed by atoms with Gasteiger partial charge in [-0.2, -0.15) is 0 Å². The Morgan fingerprint density at radius 3 is 3.19 bits per heavy atom. The number of rotatable bonds is 5. The van der Waals surface area contributed by atoms with Crippen molar-refractivity contribution in [2.75, 3.05) is 13.1 Å². The summed E-state index contributed by atoms with van der Waals surface area (Å²) in [6.07, 6.45) is 7.37. The topological polar surface area (TPSA) is 29.3 Å². The lowest BCUT2D eigenvalue weighted by Gasteiger charge is -2.16. The summed E-state index contributed by atoms with van der Waals surface area (Å²) >= 11 is 0. The molecule has 90 valence electrons. The van der Waals surface area contributed by atoms with Gasteiger partial charge in [0.2, 0.25) is 0 Å². The highest BCUT2D eigenvalue weighted by Crippen LogP contribution is 2.25. The molecule has 0 bridgehead atoms. The van der Waals surface area contributed by atoms with E-state index in [1.807, 2.05) is 6.20 Å². The summed E-state index contributed by atoms with van der Waals surface area (Å²) in [6, 6.07) is 0. The lowest BCUT2D eigenvalue weighted by atomic mass is 9.93. The molecule has 2 heterocycles. The van der Waals surface area contributed by atoms with E-state index < -0.39 is 0 Å². The number of nitrogens with zero attached hydrogens (tertiary/aromatic N) is 2. The normalized spacial score (nSPS) is 23.8. The first kappa shape index (κ1) is 11.6. The number of likely N-dealkylation sites (tertiary alicyclic amines) is 1. The summed E-state index contributed by atoms with van der Waals surface area (Å²) in [5.41, 5.74) is 0. The van der Waals surface area contributed by atoms with Crippen LogP contribution in [-0.2, 0) is 6.54 Å². The summed E-state index contributed by atoms with van der Waals surface area (Å²) < 4.78 is 5.28. The highest BCUT2D eigenvalue weighted by atomic mass is 16.3. The Hall–Kier alpha value is -0.830. The maximum Gasteiger partial charge on any atom is 0.180 e. The van der Waals surface area contributed by atoms with E-state index in [0.717, 1.165) is 24.1 Å². The zero-order valence-electron chi connectivity index (χ0n) is 10.4. The molecular formula is C13H22N2O. The first-order valence-electron chi connectivity index (χ1n) is 6.37. The van der Waals surface area contributed by atoms with Crippen LogP contribution in [0.4, 0.5) is 0 Å². The predicted molar refractivity (Wildman–Crippen MR) is 64.0 cm³/mol. The number of aromatic nitrogens is 1. The fourth-order valence-corrected chi connectivity index (χ4v) is 2.53. The van der Waals surface area contributed by atoms with Gasteiger partial charge in [0.1, 0.15) is 5.76 Å². The summed E-state index contributed by atoms with van der Waals surface area (Å²) in [5.74, 6) is 2.75. The third kappa shape index (κ3) is 3.08. The summed E-state index contributed by atoms with van der Waals surface area (Å²) in [5, 5.41) is 0. The third-order valence-electron chi connectivity index (χ3n) is 3.67. The SMILES string of the molecule is CCC(C)CC1CCN(Cc2cnco2)C1. The fraction of sp³-hybridized carbons (Fsp3) is 0.769. The van der Waals surface area contributed by atoms with Crippen LogP contribution < -0.4 is 0 Å². The van der Waals surface area contributed by atoms with E-state index in [2.05, 4.69) is 23.7 Å². The van der Waals surface area contributed by atoms with E-state index in [4.69, 9.17) is 4.42 Å². The van der Waals surface area contributed by atoms with Crippen LogP contribution in [0.15, 0.2) is 17.0 Å². The van der Waals surface area contributed by atoms with Crippen molar-refractivity contribution < 1.29 is 4.42 Å². The van der Waals surface area contributed by atoms with E-state index in [1.165, 1.54) is 38.7 Å². The van der Waals surface area contributed by atoms with Crippen LogP contribution in [0.5, 0.6) is 0 Å². The summed E-state index contributed by atoms with van der Waals surface area (Å²) in [6.45, 7) is 8.01. The van der Waals surface area contributed by atoms with E-state index in [9.17, 15) is 0 Å². The monoisotopic (exact) mass is 222 g/mol. The molecule has 0 aromatic carbocycles. The van der Waals surface area contributed by atoms with Gasteiger partial charge in [-0.15, -0.1) is 0 Å². The molecule has 0 amide bonds. The standard InChI is InChI=1S/C13H22N2O/c1-3-11(2)6-12-4-5-15(8-12)9-13-7-14-10-16-13/h7,10-12H,3-6,8-9H2,1-2H3. The van der Waals surface area contributed by atoms with Crippen molar-refractivity contribution in [1.82, 2.24) is 9.88 Å². The van der Waals surface area contributed by atoms with Crippen LogP contribution in [0, 0.1) is 11.8 Å². The fourth-order valence-electron chi connectivity index (χ4n) is 2.53. The molecule has 1 fully saturated rings. The van der Waals surface area contributed by atoms with Crippen LogP contribution >= 0.6 is 0 Å². The van der Waals surface area contributed by atoms with Gasteiger partial charge in [0.25, 0.3) is 0 Å². The zero-order chi connectivity index (χ0) is 11.4. The van der Waals surface area contributed by atoms with Gasteiger partial charge in [-0.05, 0) is 31.2 Å². The van der Waals surface area contributed by atoms with Gasteiger partial charge in [0.05, 0.1) is 12.7 Å². The third-order valence-corrected chi connectivity index (χ3v) is 3.67. The molecule has 2 atom stereocenters. The highest BCUT2D eigenvalue weighted by molar-refractivity contribution is 4.90. The Kier molecular flexibility index (Phi) is 3.99. The molecule has 2 unspecified atom stereocenters.